The number of ether oxygens (including phenoxy) is 1. The van der Waals surface area contributed by atoms with Crippen LogP contribution in [-0.2, 0) is 22.6 Å². The van der Waals surface area contributed by atoms with Crippen LogP contribution in [-0.4, -0.2) is 56.6 Å². The van der Waals surface area contributed by atoms with E-state index in [2.05, 4.69) is 46.4 Å². The second kappa shape index (κ2) is 11.2. The third-order valence-corrected chi connectivity index (χ3v) is 6.60. The van der Waals surface area contributed by atoms with Crippen molar-refractivity contribution in [3.8, 4) is 5.69 Å². The summed E-state index contributed by atoms with van der Waals surface area (Å²) < 4.78 is 7.67. The zero-order valence-corrected chi connectivity index (χ0v) is 20.4. The number of nitrogens with zero attached hydrogens (tertiary/aromatic N) is 4. The first-order valence-electron chi connectivity index (χ1n) is 11.0. The number of carbonyl (C=O) groups excluding carboxylic acids is 1. The number of nitrogens with one attached hydrogen (secondary N) is 1. The summed E-state index contributed by atoms with van der Waals surface area (Å²) in [4.78, 5) is 15.0. The van der Waals surface area contributed by atoms with Gasteiger partial charge in [0.25, 0.3) is 0 Å². The second-order valence-electron chi connectivity index (χ2n) is 8.25. The van der Waals surface area contributed by atoms with E-state index in [1.165, 1.54) is 17.3 Å². The van der Waals surface area contributed by atoms with Crippen molar-refractivity contribution >= 4 is 29.3 Å². The molecule has 0 saturated carbocycles. The third-order valence-electron chi connectivity index (χ3n) is 5.42. The van der Waals surface area contributed by atoms with Crippen LogP contribution in [0.3, 0.4) is 0 Å². The fourth-order valence-electron chi connectivity index (χ4n) is 4.04. The van der Waals surface area contributed by atoms with Gasteiger partial charge in [0, 0.05) is 31.2 Å². The van der Waals surface area contributed by atoms with Crippen molar-refractivity contribution in [2.75, 3.05) is 18.8 Å². The van der Waals surface area contributed by atoms with Gasteiger partial charge in [-0.2, -0.15) is 0 Å². The predicted octanol–water partition coefficient (Wildman–Crippen LogP) is 3.94. The molecule has 1 amide bonds. The molecule has 2 heterocycles. The Hall–Kier alpha value is -2.39. The van der Waals surface area contributed by atoms with E-state index >= 15 is 0 Å². The highest BCUT2D eigenvalue weighted by atomic mass is 35.5. The summed E-state index contributed by atoms with van der Waals surface area (Å²) in [6, 6.07) is 15.7. The lowest BCUT2D eigenvalue weighted by Crippen LogP contribution is -2.45. The fourth-order valence-corrected chi connectivity index (χ4v) is 4.98. The molecule has 7 nitrogen and oxygen atoms in total. The summed E-state index contributed by atoms with van der Waals surface area (Å²) in [6.45, 7) is 7.39. The summed E-state index contributed by atoms with van der Waals surface area (Å²) in [5, 5.41) is 12.4. The zero-order chi connectivity index (χ0) is 23.2. The van der Waals surface area contributed by atoms with E-state index < -0.39 is 0 Å². The largest absolute Gasteiger partial charge is 0.373 e. The lowest BCUT2D eigenvalue weighted by atomic mass is 10.1. The number of amides is 1. The number of carbonyl (C=O) groups is 1. The molecule has 0 spiro atoms. The van der Waals surface area contributed by atoms with E-state index in [1.54, 1.807) is 6.33 Å². The predicted molar refractivity (Wildman–Crippen MR) is 131 cm³/mol. The molecule has 2 atom stereocenters. The van der Waals surface area contributed by atoms with Gasteiger partial charge in [-0.15, -0.1) is 10.2 Å². The van der Waals surface area contributed by atoms with E-state index in [0.29, 0.717) is 16.7 Å². The van der Waals surface area contributed by atoms with Crippen LogP contribution in [0.2, 0.25) is 5.02 Å². The molecule has 33 heavy (non-hydrogen) atoms. The molecule has 2 unspecified atom stereocenters. The van der Waals surface area contributed by atoms with Crippen molar-refractivity contribution in [1.29, 1.82) is 0 Å². The number of rotatable bonds is 8. The van der Waals surface area contributed by atoms with Gasteiger partial charge in [-0.1, -0.05) is 53.7 Å². The summed E-state index contributed by atoms with van der Waals surface area (Å²) in [6.07, 6.45) is 2.08. The van der Waals surface area contributed by atoms with Gasteiger partial charge in [0.1, 0.15) is 6.33 Å². The monoisotopic (exact) mass is 485 g/mol. The van der Waals surface area contributed by atoms with Crippen LogP contribution in [0.15, 0.2) is 60.0 Å². The first-order valence-corrected chi connectivity index (χ1v) is 12.3. The Morgan fingerprint density at radius 1 is 1.15 bits per heavy atom. The summed E-state index contributed by atoms with van der Waals surface area (Å²) in [7, 11) is 0. The molecule has 3 aromatic rings. The first kappa shape index (κ1) is 23.8. The second-order valence-corrected chi connectivity index (χ2v) is 9.63. The van der Waals surface area contributed by atoms with Gasteiger partial charge in [0.2, 0.25) is 5.91 Å². The molecule has 1 aliphatic heterocycles. The Labute approximate surface area is 203 Å². The molecule has 2 aromatic carbocycles. The van der Waals surface area contributed by atoms with E-state index in [0.717, 1.165) is 30.9 Å². The van der Waals surface area contributed by atoms with Crippen molar-refractivity contribution in [1.82, 2.24) is 25.0 Å². The van der Waals surface area contributed by atoms with Crippen molar-refractivity contribution in [3.05, 3.63) is 71.0 Å². The van der Waals surface area contributed by atoms with Crippen LogP contribution < -0.4 is 5.32 Å². The average molecular weight is 486 g/mol. The van der Waals surface area contributed by atoms with Crippen molar-refractivity contribution in [2.45, 2.75) is 44.3 Å². The highest BCUT2D eigenvalue weighted by Gasteiger charge is 2.22. The molecule has 0 aliphatic carbocycles. The van der Waals surface area contributed by atoms with Crippen LogP contribution in [0.5, 0.6) is 0 Å². The SMILES string of the molecule is CC1CN(Cc2ccccc2CNC(=O)CSc2nncn2-c2cccc(Cl)c2)CC(C)O1. The molecule has 1 saturated heterocycles. The van der Waals surface area contributed by atoms with Gasteiger partial charge < -0.3 is 10.1 Å². The van der Waals surface area contributed by atoms with Crippen LogP contribution in [0.1, 0.15) is 25.0 Å². The topological polar surface area (TPSA) is 72.3 Å². The molecule has 9 heteroatoms. The summed E-state index contributed by atoms with van der Waals surface area (Å²) in [5.41, 5.74) is 3.22. The maximum absolute atomic E-state index is 12.6. The average Bonchev–Trinajstić information content (AvgIpc) is 3.25. The number of thioether (sulfide) groups is 1. The number of halogens is 1. The van der Waals surface area contributed by atoms with Crippen molar-refractivity contribution < 1.29 is 9.53 Å². The highest BCUT2D eigenvalue weighted by molar-refractivity contribution is 7.99. The van der Waals surface area contributed by atoms with E-state index in [1.807, 2.05) is 41.0 Å². The molecule has 0 bridgehead atoms. The maximum atomic E-state index is 12.6. The van der Waals surface area contributed by atoms with E-state index in [9.17, 15) is 4.79 Å². The van der Waals surface area contributed by atoms with Gasteiger partial charge in [-0.05, 0) is 43.2 Å². The van der Waals surface area contributed by atoms with Gasteiger partial charge in [-0.25, -0.2) is 0 Å². The van der Waals surface area contributed by atoms with Crippen LogP contribution in [0.25, 0.3) is 5.69 Å². The lowest BCUT2D eigenvalue weighted by molar-refractivity contribution is -0.118. The molecular weight excluding hydrogens is 458 g/mol. The highest BCUT2D eigenvalue weighted by Crippen LogP contribution is 2.22. The third kappa shape index (κ3) is 6.57. The summed E-state index contributed by atoms with van der Waals surface area (Å²) in [5.74, 6) is 0.198. The van der Waals surface area contributed by atoms with Crippen LogP contribution in [0, 0.1) is 0 Å². The minimum absolute atomic E-state index is 0.0518. The van der Waals surface area contributed by atoms with Crippen LogP contribution >= 0.6 is 23.4 Å². The molecule has 1 fully saturated rings. The summed E-state index contributed by atoms with van der Waals surface area (Å²) >= 11 is 7.44. The molecule has 1 aliphatic rings. The number of aromatic nitrogens is 3. The Morgan fingerprint density at radius 3 is 2.67 bits per heavy atom. The smallest absolute Gasteiger partial charge is 0.230 e. The minimum atomic E-state index is -0.0518. The van der Waals surface area contributed by atoms with Crippen molar-refractivity contribution in [2.24, 2.45) is 0 Å². The molecule has 1 N–H and O–H groups in total. The number of benzene rings is 2. The van der Waals surface area contributed by atoms with E-state index in [-0.39, 0.29) is 23.9 Å². The molecule has 1 aromatic heterocycles. The number of morpholine rings is 1. The molecular formula is C24H28ClN5O2S. The number of hydrogen-bond donors (Lipinski definition) is 1. The van der Waals surface area contributed by atoms with Gasteiger partial charge in [0.05, 0.1) is 23.6 Å². The van der Waals surface area contributed by atoms with Gasteiger partial charge in [-0.3, -0.25) is 14.3 Å². The Kier molecular flexibility index (Phi) is 8.03. The Balaban J connectivity index is 1.32. The normalized spacial score (nSPS) is 18.9. The number of hydrogen-bond acceptors (Lipinski definition) is 6. The van der Waals surface area contributed by atoms with Crippen molar-refractivity contribution in [3.63, 3.8) is 0 Å². The Morgan fingerprint density at radius 2 is 1.91 bits per heavy atom. The molecule has 174 valence electrons. The van der Waals surface area contributed by atoms with Crippen LogP contribution in [0.4, 0.5) is 0 Å². The fraction of sp³-hybridized carbons (Fsp3) is 0.375. The van der Waals surface area contributed by atoms with Gasteiger partial charge >= 0.3 is 0 Å². The lowest BCUT2D eigenvalue weighted by Gasteiger charge is -2.35. The molecule has 4 rings (SSSR count). The minimum Gasteiger partial charge on any atom is -0.373 e. The Bertz CT molecular complexity index is 1080. The van der Waals surface area contributed by atoms with E-state index in [4.69, 9.17) is 16.3 Å². The molecule has 0 radical (unpaired) electrons. The van der Waals surface area contributed by atoms with Gasteiger partial charge in [0.15, 0.2) is 5.16 Å². The maximum Gasteiger partial charge on any atom is 0.230 e. The first-order chi connectivity index (χ1) is 16.0. The quantitative estimate of drug-likeness (QED) is 0.487. The zero-order valence-electron chi connectivity index (χ0n) is 18.8. The standard InChI is InChI=1S/C24H28ClN5O2S/c1-17-12-29(13-18(2)32-17)14-20-7-4-3-6-19(20)11-26-23(31)15-33-24-28-27-16-30(24)22-9-5-8-21(25)10-22/h3-10,16-18H,11-15H2,1-2H3,(H,26,31).